The van der Waals surface area contributed by atoms with E-state index in [2.05, 4.69) is 49.6 Å². The summed E-state index contributed by atoms with van der Waals surface area (Å²) in [5.41, 5.74) is 5.28. The van der Waals surface area contributed by atoms with Gasteiger partial charge in [0, 0.05) is 23.3 Å². The van der Waals surface area contributed by atoms with Gasteiger partial charge in [-0.1, -0.05) is 51.1 Å². The van der Waals surface area contributed by atoms with E-state index in [1.165, 1.54) is 11.3 Å². The fourth-order valence-electron chi connectivity index (χ4n) is 3.53. The molecular weight excluding hydrogens is 298 g/mol. The van der Waals surface area contributed by atoms with E-state index >= 15 is 0 Å². The van der Waals surface area contributed by atoms with E-state index in [1.807, 2.05) is 26.8 Å². The normalized spacial score (nSPS) is 11.6. The van der Waals surface area contributed by atoms with Crippen molar-refractivity contribution in [2.75, 3.05) is 6.61 Å². The summed E-state index contributed by atoms with van der Waals surface area (Å²) in [6.07, 6.45) is 0.946. The molecule has 0 amide bonds. The predicted octanol–water partition coefficient (Wildman–Crippen LogP) is 4.82. The second kappa shape index (κ2) is 7.25. The minimum absolute atomic E-state index is 0.0315. The number of rotatable bonds is 5. The van der Waals surface area contributed by atoms with Crippen LogP contribution in [0.15, 0.2) is 30.3 Å². The van der Waals surface area contributed by atoms with Crippen molar-refractivity contribution in [1.82, 2.24) is 4.57 Å². The predicted molar refractivity (Wildman–Crippen MR) is 98.7 cm³/mol. The average Bonchev–Trinajstić information content (AvgIpc) is 2.77. The summed E-state index contributed by atoms with van der Waals surface area (Å²) in [6.45, 7) is 13.8. The maximum absolute atomic E-state index is 12.4. The third kappa shape index (κ3) is 3.72. The molecule has 0 fully saturated rings. The highest BCUT2D eigenvalue weighted by Gasteiger charge is 2.29. The summed E-state index contributed by atoms with van der Waals surface area (Å²) < 4.78 is 7.58. The highest BCUT2D eigenvalue weighted by molar-refractivity contribution is 5.93. The first-order valence-corrected chi connectivity index (χ1v) is 8.68. The molecule has 0 unspecified atom stereocenters. The lowest BCUT2D eigenvalue weighted by atomic mass is 9.88. The van der Waals surface area contributed by atoms with E-state index in [1.54, 1.807) is 0 Å². The largest absolute Gasteiger partial charge is 0.462 e. The molecule has 0 aliphatic heterocycles. The maximum atomic E-state index is 12.4. The first-order chi connectivity index (χ1) is 11.3. The summed E-state index contributed by atoms with van der Waals surface area (Å²) in [5.74, 6) is -0.212. The molecule has 0 spiro atoms. The van der Waals surface area contributed by atoms with Crippen LogP contribution in [-0.4, -0.2) is 17.1 Å². The number of hydrogen-bond acceptors (Lipinski definition) is 2. The molecule has 0 aliphatic carbocycles. The van der Waals surface area contributed by atoms with Crippen LogP contribution < -0.4 is 0 Å². The van der Waals surface area contributed by atoms with E-state index in [9.17, 15) is 4.79 Å². The van der Waals surface area contributed by atoms with Gasteiger partial charge in [0.2, 0.25) is 0 Å². The van der Waals surface area contributed by atoms with Crippen molar-refractivity contribution in [3.05, 3.63) is 58.4 Å². The molecule has 130 valence electrons. The summed E-state index contributed by atoms with van der Waals surface area (Å²) in [5, 5.41) is 0. The Balaban J connectivity index is 2.45. The quantitative estimate of drug-likeness (QED) is 0.737. The third-order valence-corrected chi connectivity index (χ3v) is 4.42. The van der Waals surface area contributed by atoms with Crippen molar-refractivity contribution in [1.29, 1.82) is 0 Å². The van der Waals surface area contributed by atoms with Crippen LogP contribution in [0, 0.1) is 13.8 Å². The zero-order valence-corrected chi connectivity index (χ0v) is 15.8. The summed E-state index contributed by atoms with van der Waals surface area (Å²) in [7, 11) is 0. The molecular formula is C21H29NO2. The van der Waals surface area contributed by atoms with Crippen molar-refractivity contribution in [2.45, 2.75) is 59.9 Å². The Labute approximate surface area is 145 Å². The number of carbonyl (C=O) groups is 1. The molecule has 0 aliphatic rings. The van der Waals surface area contributed by atoms with Crippen LogP contribution in [0.3, 0.4) is 0 Å². The molecule has 0 N–H and O–H groups in total. The molecule has 0 radical (unpaired) electrons. The Morgan fingerprint density at radius 3 is 2.29 bits per heavy atom. The van der Waals surface area contributed by atoms with E-state index in [0.29, 0.717) is 6.61 Å². The zero-order chi connectivity index (χ0) is 17.9. The monoisotopic (exact) mass is 327 g/mol. The number of esters is 1. The molecule has 0 saturated carbocycles. The van der Waals surface area contributed by atoms with Crippen molar-refractivity contribution in [2.24, 2.45) is 0 Å². The molecule has 0 saturated heterocycles. The highest BCUT2D eigenvalue weighted by Crippen LogP contribution is 2.32. The Morgan fingerprint density at radius 2 is 1.75 bits per heavy atom. The van der Waals surface area contributed by atoms with Gasteiger partial charge in [0.25, 0.3) is 0 Å². The topological polar surface area (TPSA) is 31.2 Å². The van der Waals surface area contributed by atoms with Crippen molar-refractivity contribution >= 4 is 5.97 Å². The number of hydrogen-bond donors (Lipinski definition) is 0. The number of carbonyl (C=O) groups excluding carboxylic acids is 1. The molecule has 2 aromatic rings. The summed E-state index contributed by atoms with van der Waals surface area (Å²) in [6, 6.07) is 10.5. The van der Waals surface area contributed by atoms with E-state index < -0.39 is 0 Å². The molecule has 0 atom stereocenters. The summed E-state index contributed by atoms with van der Waals surface area (Å²) in [4.78, 5) is 12.4. The van der Waals surface area contributed by atoms with Crippen LogP contribution in [0.25, 0.3) is 0 Å². The molecule has 1 aromatic carbocycles. The number of nitrogens with zero attached hydrogens (tertiary/aromatic N) is 1. The lowest BCUT2D eigenvalue weighted by molar-refractivity contribution is 0.0524. The lowest BCUT2D eigenvalue weighted by Gasteiger charge is -2.24. The van der Waals surface area contributed by atoms with Gasteiger partial charge in [-0.05, 0) is 38.3 Å². The number of aromatic nitrogens is 1. The van der Waals surface area contributed by atoms with Crippen molar-refractivity contribution in [3.63, 3.8) is 0 Å². The lowest BCUT2D eigenvalue weighted by Crippen LogP contribution is -2.20. The van der Waals surface area contributed by atoms with Gasteiger partial charge in [-0.3, -0.25) is 0 Å². The van der Waals surface area contributed by atoms with Crippen LogP contribution in [0.2, 0.25) is 0 Å². The number of benzene rings is 1. The smallest absolute Gasteiger partial charge is 0.340 e. The Kier molecular flexibility index (Phi) is 5.53. The zero-order valence-electron chi connectivity index (χ0n) is 15.8. The first-order valence-electron chi connectivity index (χ1n) is 8.68. The minimum Gasteiger partial charge on any atom is -0.462 e. The Bertz CT molecular complexity index is 706. The number of ether oxygens (including phenoxy) is 1. The second-order valence-corrected chi connectivity index (χ2v) is 7.29. The molecule has 1 heterocycles. The fourth-order valence-corrected chi connectivity index (χ4v) is 3.53. The van der Waals surface area contributed by atoms with Crippen LogP contribution >= 0.6 is 0 Å². The number of aryl methyl sites for hydroxylation is 1. The van der Waals surface area contributed by atoms with Crippen molar-refractivity contribution in [3.8, 4) is 0 Å². The van der Waals surface area contributed by atoms with Gasteiger partial charge in [-0.25, -0.2) is 4.79 Å². The van der Waals surface area contributed by atoms with E-state index in [0.717, 1.165) is 29.8 Å². The average molecular weight is 327 g/mol. The van der Waals surface area contributed by atoms with E-state index in [-0.39, 0.29) is 11.4 Å². The van der Waals surface area contributed by atoms with Gasteiger partial charge < -0.3 is 9.30 Å². The first kappa shape index (κ1) is 18.3. The Morgan fingerprint density at radius 1 is 1.12 bits per heavy atom. The van der Waals surface area contributed by atoms with Gasteiger partial charge in [0.15, 0.2) is 0 Å². The van der Waals surface area contributed by atoms with Crippen LogP contribution in [0.1, 0.15) is 60.6 Å². The van der Waals surface area contributed by atoms with E-state index in [4.69, 9.17) is 4.74 Å². The second-order valence-electron chi connectivity index (χ2n) is 7.29. The molecule has 24 heavy (non-hydrogen) atoms. The molecule has 3 nitrogen and oxygen atoms in total. The van der Waals surface area contributed by atoms with Gasteiger partial charge >= 0.3 is 5.97 Å². The van der Waals surface area contributed by atoms with Gasteiger partial charge in [-0.15, -0.1) is 0 Å². The molecule has 1 aromatic heterocycles. The van der Waals surface area contributed by atoms with Crippen molar-refractivity contribution < 1.29 is 9.53 Å². The molecule has 0 bridgehead atoms. The third-order valence-electron chi connectivity index (χ3n) is 4.42. The van der Waals surface area contributed by atoms with Crippen LogP contribution in [0.4, 0.5) is 0 Å². The molecule has 3 heteroatoms. The Hall–Kier alpha value is -2.03. The molecule has 2 rings (SSSR count). The van der Waals surface area contributed by atoms with Gasteiger partial charge in [0.05, 0.1) is 12.2 Å². The van der Waals surface area contributed by atoms with Crippen LogP contribution in [0.5, 0.6) is 0 Å². The van der Waals surface area contributed by atoms with Gasteiger partial charge in [-0.2, -0.15) is 0 Å². The minimum atomic E-state index is -0.212. The van der Waals surface area contributed by atoms with Crippen LogP contribution in [-0.2, 0) is 23.1 Å². The summed E-state index contributed by atoms with van der Waals surface area (Å²) >= 11 is 0. The SMILES string of the molecule is CCOC(=O)c1c(C)c(C(C)(C)C)n(CCc2ccccc2)c1C. The highest BCUT2D eigenvalue weighted by atomic mass is 16.5. The fraction of sp³-hybridized carbons (Fsp3) is 0.476. The maximum Gasteiger partial charge on any atom is 0.340 e. The van der Waals surface area contributed by atoms with Gasteiger partial charge in [0.1, 0.15) is 0 Å². The standard InChI is InChI=1S/C21H29NO2/c1-7-24-20(23)18-15(2)19(21(4,5)6)22(16(18)3)14-13-17-11-9-8-10-12-17/h8-12H,7,13-14H2,1-6H3.